The Morgan fingerprint density at radius 2 is 2.16 bits per heavy atom. The molecule has 3 N–H and O–H groups in total. The molecule has 0 amide bonds. The maximum Gasteiger partial charge on any atom is 0.123 e. The zero-order valence-electron chi connectivity index (χ0n) is 12.0. The molecule has 1 aromatic rings. The smallest absolute Gasteiger partial charge is 0.123 e. The van der Waals surface area contributed by atoms with Crippen molar-refractivity contribution in [3.05, 3.63) is 28.8 Å². The van der Waals surface area contributed by atoms with Gasteiger partial charge in [-0.25, -0.2) is 0 Å². The van der Waals surface area contributed by atoms with Crippen LogP contribution in [0.3, 0.4) is 0 Å². The van der Waals surface area contributed by atoms with E-state index in [-0.39, 0.29) is 12.1 Å². The second-order valence-corrected chi connectivity index (χ2v) is 5.22. The topological polar surface area (TPSA) is 56.5 Å². The van der Waals surface area contributed by atoms with Crippen molar-refractivity contribution in [1.29, 1.82) is 0 Å². The molecule has 0 aliphatic carbocycles. The van der Waals surface area contributed by atoms with Crippen LogP contribution >= 0.6 is 0 Å². The minimum absolute atomic E-state index is 0.0563. The van der Waals surface area contributed by atoms with E-state index in [2.05, 4.69) is 31.3 Å². The second-order valence-electron chi connectivity index (χ2n) is 5.22. The van der Waals surface area contributed by atoms with E-state index in [0.717, 1.165) is 37.4 Å². The Kier molecular flexibility index (Phi) is 4.80. The Morgan fingerprint density at radius 3 is 2.79 bits per heavy atom. The molecule has 2 rings (SSSR count). The van der Waals surface area contributed by atoms with Crippen LogP contribution in [0.4, 0.5) is 0 Å². The van der Waals surface area contributed by atoms with Gasteiger partial charge >= 0.3 is 0 Å². The number of nitrogens with two attached hydrogens (primary N) is 1. The van der Waals surface area contributed by atoms with Crippen molar-refractivity contribution < 1.29 is 9.47 Å². The summed E-state index contributed by atoms with van der Waals surface area (Å²) in [6.07, 6.45) is 1.00. The van der Waals surface area contributed by atoms with Crippen molar-refractivity contribution in [2.24, 2.45) is 5.73 Å². The Balaban J connectivity index is 2.13. The third-order valence-electron chi connectivity index (χ3n) is 3.77. The summed E-state index contributed by atoms with van der Waals surface area (Å²) >= 11 is 0. The highest BCUT2D eigenvalue weighted by molar-refractivity contribution is 5.43. The van der Waals surface area contributed by atoms with Crippen molar-refractivity contribution in [3.63, 3.8) is 0 Å². The Hall–Kier alpha value is -1.10. The molecule has 0 radical (unpaired) electrons. The van der Waals surface area contributed by atoms with Crippen molar-refractivity contribution in [3.8, 4) is 5.75 Å². The third kappa shape index (κ3) is 3.47. The first-order chi connectivity index (χ1) is 9.11. The van der Waals surface area contributed by atoms with Crippen LogP contribution in [-0.4, -0.2) is 32.9 Å². The highest BCUT2D eigenvalue weighted by Gasteiger charge is 2.20. The standard InChI is InChI=1S/C15H24N2O2/c1-10-6-13(15(18-3)7-11(10)2)14(16)8-12-9-17-4-5-19-12/h6-7,12,14,17H,4-5,8-9,16H2,1-3H3. The van der Waals surface area contributed by atoms with Gasteiger partial charge in [0.1, 0.15) is 5.75 Å². The monoisotopic (exact) mass is 264 g/mol. The van der Waals surface area contributed by atoms with E-state index in [1.807, 2.05) is 0 Å². The minimum atomic E-state index is -0.0563. The lowest BCUT2D eigenvalue weighted by atomic mass is 9.96. The van der Waals surface area contributed by atoms with Gasteiger partial charge in [0, 0.05) is 24.7 Å². The van der Waals surface area contributed by atoms with Crippen LogP contribution in [0.2, 0.25) is 0 Å². The Labute approximate surface area is 115 Å². The number of benzene rings is 1. The van der Waals surface area contributed by atoms with Crippen molar-refractivity contribution in [2.45, 2.75) is 32.4 Å². The number of methoxy groups -OCH3 is 1. The van der Waals surface area contributed by atoms with Gasteiger partial charge in [-0.1, -0.05) is 6.07 Å². The highest BCUT2D eigenvalue weighted by Crippen LogP contribution is 2.30. The van der Waals surface area contributed by atoms with Gasteiger partial charge in [0.25, 0.3) is 0 Å². The molecule has 19 heavy (non-hydrogen) atoms. The summed E-state index contributed by atoms with van der Waals surface area (Å²) in [5.41, 5.74) is 9.87. The zero-order chi connectivity index (χ0) is 13.8. The third-order valence-corrected chi connectivity index (χ3v) is 3.77. The summed E-state index contributed by atoms with van der Waals surface area (Å²) in [6.45, 7) is 6.76. The van der Waals surface area contributed by atoms with E-state index < -0.39 is 0 Å². The summed E-state index contributed by atoms with van der Waals surface area (Å²) in [4.78, 5) is 0. The number of morpholine rings is 1. The molecule has 0 spiro atoms. The summed E-state index contributed by atoms with van der Waals surface area (Å²) < 4.78 is 11.2. The van der Waals surface area contributed by atoms with Crippen molar-refractivity contribution >= 4 is 0 Å². The van der Waals surface area contributed by atoms with E-state index >= 15 is 0 Å². The molecule has 2 atom stereocenters. The average Bonchev–Trinajstić information content (AvgIpc) is 2.42. The van der Waals surface area contributed by atoms with Gasteiger partial charge in [0.05, 0.1) is 19.8 Å². The maximum absolute atomic E-state index is 6.33. The molecule has 1 fully saturated rings. The van der Waals surface area contributed by atoms with Gasteiger partial charge in [0.2, 0.25) is 0 Å². The van der Waals surface area contributed by atoms with Gasteiger partial charge in [0.15, 0.2) is 0 Å². The SMILES string of the molecule is COc1cc(C)c(C)cc1C(N)CC1CNCCO1. The van der Waals surface area contributed by atoms with Crippen molar-refractivity contribution in [1.82, 2.24) is 5.32 Å². The Morgan fingerprint density at radius 1 is 1.42 bits per heavy atom. The molecular weight excluding hydrogens is 240 g/mol. The largest absolute Gasteiger partial charge is 0.496 e. The molecule has 0 saturated carbocycles. The maximum atomic E-state index is 6.33. The number of ether oxygens (including phenoxy) is 2. The van der Waals surface area contributed by atoms with Crippen molar-refractivity contribution in [2.75, 3.05) is 26.8 Å². The fraction of sp³-hybridized carbons (Fsp3) is 0.600. The lowest BCUT2D eigenvalue weighted by Crippen LogP contribution is -2.40. The van der Waals surface area contributed by atoms with E-state index in [4.69, 9.17) is 15.2 Å². The van der Waals surface area contributed by atoms with E-state index in [9.17, 15) is 0 Å². The number of hydrogen-bond acceptors (Lipinski definition) is 4. The first-order valence-corrected chi connectivity index (χ1v) is 6.85. The lowest BCUT2D eigenvalue weighted by molar-refractivity contribution is 0.0194. The molecular formula is C15H24N2O2. The molecule has 0 bridgehead atoms. The average molecular weight is 264 g/mol. The molecule has 1 heterocycles. The molecule has 0 aromatic heterocycles. The van der Waals surface area contributed by atoms with Crippen LogP contribution in [0.25, 0.3) is 0 Å². The summed E-state index contributed by atoms with van der Waals surface area (Å²) in [7, 11) is 1.69. The molecule has 1 aromatic carbocycles. The van der Waals surface area contributed by atoms with Crippen LogP contribution in [0.1, 0.15) is 29.2 Å². The highest BCUT2D eigenvalue weighted by atomic mass is 16.5. The van der Waals surface area contributed by atoms with Gasteiger partial charge < -0.3 is 20.5 Å². The number of rotatable bonds is 4. The number of aryl methyl sites for hydroxylation is 2. The van der Waals surface area contributed by atoms with Gasteiger partial charge in [-0.05, 0) is 37.5 Å². The first kappa shape index (κ1) is 14.3. The second kappa shape index (κ2) is 6.37. The van der Waals surface area contributed by atoms with E-state index in [0.29, 0.717) is 0 Å². The normalized spacial score (nSPS) is 21.2. The fourth-order valence-electron chi connectivity index (χ4n) is 2.46. The number of nitrogens with one attached hydrogen (secondary N) is 1. The quantitative estimate of drug-likeness (QED) is 0.869. The van der Waals surface area contributed by atoms with Gasteiger partial charge in [-0.3, -0.25) is 0 Å². The molecule has 1 aliphatic rings. The summed E-state index contributed by atoms with van der Waals surface area (Å²) in [6, 6.07) is 4.14. The van der Waals surface area contributed by atoms with Crippen LogP contribution in [0.5, 0.6) is 5.75 Å². The summed E-state index contributed by atoms with van der Waals surface area (Å²) in [5, 5.41) is 3.33. The van der Waals surface area contributed by atoms with E-state index in [1.165, 1.54) is 11.1 Å². The molecule has 1 saturated heterocycles. The summed E-state index contributed by atoms with van der Waals surface area (Å²) in [5.74, 6) is 0.874. The zero-order valence-corrected chi connectivity index (χ0v) is 12.0. The Bertz CT molecular complexity index is 428. The minimum Gasteiger partial charge on any atom is -0.496 e. The fourth-order valence-corrected chi connectivity index (χ4v) is 2.46. The molecule has 4 nitrogen and oxygen atoms in total. The molecule has 4 heteroatoms. The predicted molar refractivity (Wildman–Crippen MR) is 76.6 cm³/mol. The van der Waals surface area contributed by atoms with Crippen LogP contribution in [0, 0.1) is 13.8 Å². The first-order valence-electron chi connectivity index (χ1n) is 6.85. The van der Waals surface area contributed by atoms with Gasteiger partial charge in [-0.15, -0.1) is 0 Å². The molecule has 2 unspecified atom stereocenters. The van der Waals surface area contributed by atoms with E-state index in [1.54, 1.807) is 7.11 Å². The van der Waals surface area contributed by atoms with Gasteiger partial charge in [-0.2, -0.15) is 0 Å². The van der Waals surface area contributed by atoms with Crippen LogP contribution in [-0.2, 0) is 4.74 Å². The van der Waals surface area contributed by atoms with Crippen LogP contribution in [0.15, 0.2) is 12.1 Å². The lowest BCUT2D eigenvalue weighted by Gasteiger charge is -2.27. The molecule has 106 valence electrons. The molecule has 1 aliphatic heterocycles. The van der Waals surface area contributed by atoms with Crippen LogP contribution < -0.4 is 15.8 Å². The number of hydrogen-bond donors (Lipinski definition) is 2. The predicted octanol–water partition coefficient (Wildman–Crippen LogP) is 1.69.